The van der Waals surface area contributed by atoms with Gasteiger partial charge < -0.3 is 9.72 Å². The summed E-state index contributed by atoms with van der Waals surface area (Å²) in [5.74, 6) is 0.834. The minimum absolute atomic E-state index is 0. The van der Waals surface area contributed by atoms with Gasteiger partial charge in [-0.05, 0) is 82.8 Å². The van der Waals surface area contributed by atoms with Gasteiger partial charge in [-0.15, -0.1) is 0 Å². The second-order valence-electron chi connectivity index (χ2n) is 7.74. The van der Waals surface area contributed by atoms with Crippen LogP contribution in [0.25, 0.3) is 10.9 Å². The molecule has 10 radical (unpaired) electrons. The van der Waals surface area contributed by atoms with Gasteiger partial charge in [0.2, 0.25) is 0 Å². The molecule has 1 aromatic carbocycles. The Morgan fingerprint density at radius 1 is 1.06 bits per heavy atom. The number of aromatic nitrogens is 1. The van der Waals surface area contributed by atoms with Crippen molar-refractivity contribution in [3.05, 3.63) is 99.2 Å². The Labute approximate surface area is 198 Å². The molecule has 1 N–H and O–H groups in total. The molecule has 2 atom stereocenters. The molecule has 1 aromatic heterocycles. The molecule has 0 bridgehead atoms. The number of esters is 1. The maximum atomic E-state index is 12.5. The Balaban J connectivity index is 0.000000401. The van der Waals surface area contributed by atoms with Gasteiger partial charge in [-0.2, -0.15) is 0 Å². The molecule has 2 fully saturated rings. The minimum atomic E-state index is -0.285. The summed E-state index contributed by atoms with van der Waals surface area (Å²) < 4.78 is 5.13. The molecule has 5 heteroatoms. The van der Waals surface area contributed by atoms with Crippen LogP contribution in [0.2, 0.25) is 0 Å². The van der Waals surface area contributed by atoms with Crippen LogP contribution < -0.4 is 0 Å². The van der Waals surface area contributed by atoms with Gasteiger partial charge in [0, 0.05) is 41.6 Å². The van der Waals surface area contributed by atoms with E-state index in [-0.39, 0.29) is 35.0 Å². The molecule has 0 spiro atoms. The molecule has 4 nitrogen and oxygen atoms in total. The number of aromatic amines is 1. The number of hydrogen-bond acceptors (Lipinski definition) is 3. The summed E-state index contributed by atoms with van der Waals surface area (Å²) in [5, 5.41) is 1.22. The molecule has 2 heterocycles. The van der Waals surface area contributed by atoms with Crippen molar-refractivity contribution in [3.63, 3.8) is 0 Å². The third-order valence-electron chi connectivity index (χ3n) is 6.02. The molecule has 2 aliphatic carbocycles. The normalized spacial score (nSPS) is 22.7. The molecule has 2 aromatic rings. The number of nitrogens with zero attached hydrogens (tertiary/aromatic N) is 1. The predicted molar refractivity (Wildman–Crippen MR) is 120 cm³/mol. The predicted octanol–water partition coefficient (Wildman–Crippen LogP) is 4.10. The van der Waals surface area contributed by atoms with Gasteiger partial charge in [-0.1, -0.05) is 18.2 Å². The topological polar surface area (TPSA) is 45.3 Å². The van der Waals surface area contributed by atoms with E-state index in [0.717, 1.165) is 24.2 Å². The van der Waals surface area contributed by atoms with Crippen LogP contribution in [0.15, 0.2) is 24.3 Å². The zero-order valence-electron chi connectivity index (χ0n) is 17.9. The monoisotopic (exact) mass is 456 g/mol. The third-order valence-corrected chi connectivity index (χ3v) is 6.02. The molecule has 160 valence electrons. The summed E-state index contributed by atoms with van der Waals surface area (Å²) in [5.41, 5.74) is 3.37. The van der Waals surface area contributed by atoms with Crippen LogP contribution in [0.3, 0.4) is 0 Å². The molecule has 31 heavy (non-hydrogen) atoms. The van der Waals surface area contributed by atoms with E-state index in [1.165, 1.54) is 24.0 Å². The molecule has 1 unspecified atom stereocenters. The molecule has 0 saturated heterocycles. The van der Waals surface area contributed by atoms with Crippen LogP contribution in [-0.2, 0) is 33.0 Å². The van der Waals surface area contributed by atoms with Crippen LogP contribution in [0.5, 0.6) is 0 Å². The van der Waals surface area contributed by atoms with Gasteiger partial charge in [-0.25, -0.2) is 0 Å². The molecule has 2 saturated carbocycles. The Bertz CT molecular complexity index is 831. The molecular weight excluding hydrogens is 428 g/mol. The van der Waals surface area contributed by atoms with Crippen molar-refractivity contribution < 1.29 is 26.6 Å². The van der Waals surface area contributed by atoms with Gasteiger partial charge in [0.25, 0.3) is 0 Å². The van der Waals surface area contributed by atoms with Crippen LogP contribution >= 0.6 is 0 Å². The summed E-state index contributed by atoms with van der Waals surface area (Å²) in [6, 6.07) is 8.56. The fraction of sp³-hybridized carbons (Fsp3) is 0.269. The van der Waals surface area contributed by atoms with Crippen molar-refractivity contribution in [2.24, 2.45) is 0 Å². The van der Waals surface area contributed by atoms with Crippen molar-refractivity contribution >= 4 is 16.9 Å². The van der Waals surface area contributed by atoms with Crippen molar-refractivity contribution in [1.82, 2.24) is 9.88 Å². The van der Waals surface area contributed by atoms with Gasteiger partial charge in [0.1, 0.15) is 5.92 Å². The zero-order chi connectivity index (χ0) is 20.9. The fourth-order valence-corrected chi connectivity index (χ4v) is 4.35. The number of benzene rings is 1. The largest absolute Gasteiger partial charge is 2.00 e. The fourth-order valence-electron chi connectivity index (χ4n) is 4.35. The second-order valence-corrected chi connectivity index (χ2v) is 7.74. The van der Waals surface area contributed by atoms with Crippen LogP contribution in [0.1, 0.15) is 24.1 Å². The van der Waals surface area contributed by atoms with Crippen molar-refractivity contribution in [2.45, 2.75) is 25.3 Å². The Morgan fingerprint density at radius 2 is 1.71 bits per heavy atom. The third kappa shape index (κ3) is 5.56. The molecule has 3 aliphatic rings. The van der Waals surface area contributed by atoms with Crippen molar-refractivity contribution in [1.29, 1.82) is 0 Å². The number of methoxy groups -OCH3 is 1. The maximum Gasteiger partial charge on any atom is 2.00 e. The van der Waals surface area contributed by atoms with E-state index >= 15 is 0 Å². The van der Waals surface area contributed by atoms with E-state index in [1.807, 2.05) is 38.2 Å². The summed E-state index contributed by atoms with van der Waals surface area (Å²) in [6.45, 7) is 3.80. The number of hydrogen-bond donors (Lipinski definition) is 1. The number of para-hydroxylation sites is 1. The van der Waals surface area contributed by atoms with E-state index in [4.69, 9.17) is 4.74 Å². The number of carbonyl (C=O) groups is 1. The standard InChI is InChI=1S/C21H23N2O2.C5H5.Fe/c1-14(15-7-3-4-8-15)23-12-11-17-16-9-5-6-10-19(16)22-20(17)18(13-23)21(24)25-2;1-2-4-5-3-1;/h3-10,14,18,22H,11-13H2,1-2H3;1-5H;/q;;+2/t14-,18?;;/m0../s1. The second kappa shape index (κ2) is 11.5. The van der Waals surface area contributed by atoms with E-state index < -0.39 is 0 Å². The maximum absolute atomic E-state index is 12.5. The summed E-state index contributed by atoms with van der Waals surface area (Å²) in [4.78, 5) is 18.4. The Hall–Kier alpha value is -1.29. The average Bonchev–Trinajstić information content (AvgIpc) is 3.54. The van der Waals surface area contributed by atoms with Crippen LogP contribution in [0.4, 0.5) is 0 Å². The van der Waals surface area contributed by atoms with Crippen LogP contribution in [0, 0.1) is 63.7 Å². The number of rotatable bonds is 3. The van der Waals surface area contributed by atoms with Gasteiger partial charge in [-0.3, -0.25) is 9.69 Å². The SMILES string of the molecule is COC(=O)C1CN([C@@H](C)[C]2[CH][CH][CH][CH]2)CCc2c1[nH]c1ccccc21.[CH]1[CH][CH][CH][CH]1.[Fe+2]. The van der Waals surface area contributed by atoms with E-state index in [1.54, 1.807) is 0 Å². The Morgan fingerprint density at radius 3 is 2.35 bits per heavy atom. The number of fused-ring (bicyclic) bond motifs is 3. The number of carbonyl (C=O) groups excluding carboxylic acids is 1. The van der Waals surface area contributed by atoms with Crippen molar-refractivity contribution in [2.75, 3.05) is 20.2 Å². The molecule has 5 rings (SSSR count). The number of nitrogens with one attached hydrogen (secondary N) is 1. The van der Waals surface area contributed by atoms with Crippen LogP contribution in [-0.4, -0.2) is 42.1 Å². The van der Waals surface area contributed by atoms with Gasteiger partial charge in [0.05, 0.1) is 7.11 Å². The first kappa shape index (κ1) is 24.4. The molecule has 0 amide bonds. The first-order valence-corrected chi connectivity index (χ1v) is 10.5. The minimum Gasteiger partial charge on any atom is -0.468 e. The van der Waals surface area contributed by atoms with Gasteiger partial charge in [0.15, 0.2) is 0 Å². The van der Waals surface area contributed by atoms with Gasteiger partial charge >= 0.3 is 23.0 Å². The van der Waals surface area contributed by atoms with Crippen molar-refractivity contribution in [3.8, 4) is 0 Å². The summed E-state index contributed by atoms with van der Waals surface area (Å²) in [7, 11) is 1.47. The number of H-pyrrole nitrogens is 1. The first-order chi connectivity index (χ1) is 14.7. The van der Waals surface area contributed by atoms with E-state index in [0.29, 0.717) is 6.54 Å². The van der Waals surface area contributed by atoms with E-state index in [2.05, 4.69) is 60.7 Å². The smallest absolute Gasteiger partial charge is 0.468 e. The Kier molecular flexibility index (Phi) is 9.06. The summed E-state index contributed by atoms with van der Waals surface area (Å²) in [6.07, 6.45) is 19.4. The number of ether oxygens (including phenoxy) is 1. The summed E-state index contributed by atoms with van der Waals surface area (Å²) >= 11 is 0. The zero-order valence-corrected chi connectivity index (χ0v) is 19.0. The molecular formula is C26H28FeN2O2+2. The quantitative estimate of drug-likeness (QED) is 0.559. The molecule has 1 aliphatic heterocycles. The average molecular weight is 456 g/mol. The van der Waals surface area contributed by atoms with E-state index in [9.17, 15) is 4.79 Å². The first-order valence-electron chi connectivity index (χ1n) is 10.5.